The van der Waals surface area contributed by atoms with Gasteiger partial charge < -0.3 is 15.2 Å². The molecule has 0 saturated carbocycles. The highest BCUT2D eigenvalue weighted by Crippen LogP contribution is 2.26. The Balaban J connectivity index is 1.46. The molecule has 2 N–H and O–H groups in total. The van der Waals surface area contributed by atoms with Crippen molar-refractivity contribution >= 4 is 33.4 Å². The number of carbonyl (C=O) groups excluding carboxylic acids is 2. The summed E-state index contributed by atoms with van der Waals surface area (Å²) in [5.74, 6) is -0.514. The average molecular weight is 433 g/mol. The number of hydrogen-bond acceptors (Lipinski definition) is 4. The molecular weight excluding hydrogens is 408 g/mol. The first-order valence-electron chi connectivity index (χ1n) is 10.2. The van der Waals surface area contributed by atoms with Gasteiger partial charge in [-0.2, -0.15) is 0 Å². The Hall–Kier alpha value is -3.45. The van der Waals surface area contributed by atoms with E-state index in [1.807, 2.05) is 85.4 Å². The predicted octanol–water partition coefficient (Wildman–Crippen LogP) is 4.16. The highest BCUT2D eigenvalue weighted by Gasteiger charge is 2.24. The van der Waals surface area contributed by atoms with Crippen molar-refractivity contribution in [2.45, 2.75) is 26.4 Å². The second-order valence-electron chi connectivity index (χ2n) is 7.67. The highest BCUT2D eigenvalue weighted by atomic mass is 32.1. The zero-order chi connectivity index (χ0) is 21.8. The number of benzene rings is 2. The summed E-state index contributed by atoms with van der Waals surface area (Å²) in [6.07, 6.45) is 3.87. The van der Waals surface area contributed by atoms with Crippen LogP contribution in [0.3, 0.4) is 0 Å². The molecule has 2 amide bonds. The Morgan fingerprint density at radius 1 is 1.03 bits per heavy atom. The summed E-state index contributed by atoms with van der Waals surface area (Å²) >= 11 is 1.52. The molecule has 0 aliphatic carbocycles. The first-order chi connectivity index (χ1) is 15.0. The normalized spacial score (nSPS) is 12.1. The molecule has 7 heteroatoms. The van der Waals surface area contributed by atoms with E-state index in [0.29, 0.717) is 12.1 Å². The maximum Gasteiger partial charge on any atom is 0.251 e. The van der Waals surface area contributed by atoms with Crippen molar-refractivity contribution in [1.29, 1.82) is 0 Å². The Bertz CT molecular complexity index is 1180. The standard InChI is InChI=1S/C24H24N4O2S/c1-16(2)21(23(30)25-15-17-8-4-3-5-9-17)27-22(29)18-10-11-19-20(14-18)31-24(26-19)28-12-6-7-13-28/h3-14,16,21H,15H2,1-2H3,(H,25,30)(H,27,29)/t21-/m1/s1. The zero-order valence-electron chi connectivity index (χ0n) is 17.4. The summed E-state index contributed by atoms with van der Waals surface area (Å²) < 4.78 is 2.86. The molecule has 2 aromatic heterocycles. The van der Waals surface area contributed by atoms with Crippen molar-refractivity contribution in [3.8, 4) is 5.13 Å². The van der Waals surface area contributed by atoms with Gasteiger partial charge in [-0.05, 0) is 41.8 Å². The van der Waals surface area contributed by atoms with Crippen molar-refractivity contribution < 1.29 is 9.59 Å². The molecule has 4 aromatic rings. The van der Waals surface area contributed by atoms with Crippen LogP contribution in [-0.4, -0.2) is 27.4 Å². The summed E-state index contributed by atoms with van der Waals surface area (Å²) in [5.41, 5.74) is 2.36. The number of hydrogen-bond donors (Lipinski definition) is 2. The van der Waals surface area contributed by atoms with Crippen molar-refractivity contribution in [3.05, 3.63) is 84.2 Å². The molecule has 2 aromatic carbocycles. The smallest absolute Gasteiger partial charge is 0.251 e. The summed E-state index contributed by atoms with van der Waals surface area (Å²) in [4.78, 5) is 30.3. The van der Waals surface area contributed by atoms with Crippen LogP contribution < -0.4 is 10.6 Å². The van der Waals surface area contributed by atoms with Gasteiger partial charge >= 0.3 is 0 Å². The molecule has 0 radical (unpaired) electrons. The third-order valence-corrected chi connectivity index (χ3v) is 6.04. The summed E-state index contributed by atoms with van der Waals surface area (Å²) in [6, 6.07) is 18.4. The molecule has 158 valence electrons. The van der Waals surface area contributed by atoms with Crippen LogP contribution >= 0.6 is 11.3 Å². The largest absolute Gasteiger partial charge is 0.350 e. The van der Waals surface area contributed by atoms with Crippen molar-refractivity contribution in [2.75, 3.05) is 0 Å². The van der Waals surface area contributed by atoms with E-state index in [9.17, 15) is 9.59 Å². The summed E-state index contributed by atoms with van der Waals surface area (Å²) in [6.45, 7) is 4.26. The monoisotopic (exact) mass is 432 g/mol. The SMILES string of the molecule is CC(C)[C@@H](NC(=O)c1ccc2nc(-n3cccc3)sc2c1)C(=O)NCc1ccccc1. The fraction of sp³-hybridized carbons (Fsp3) is 0.208. The lowest BCUT2D eigenvalue weighted by molar-refractivity contribution is -0.124. The fourth-order valence-electron chi connectivity index (χ4n) is 3.28. The molecule has 0 aliphatic heterocycles. The number of rotatable bonds is 7. The minimum absolute atomic E-state index is 0.0489. The quantitative estimate of drug-likeness (QED) is 0.460. The number of amides is 2. The first kappa shape index (κ1) is 20.8. The highest BCUT2D eigenvalue weighted by molar-refractivity contribution is 7.20. The van der Waals surface area contributed by atoms with E-state index in [2.05, 4.69) is 15.6 Å². The van der Waals surface area contributed by atoms with Crippen LogP contribution in [0.1, 0.15) is 29.8 Å². The van der Waals surface area contributed by atoms with Gasteiger partial charge in [0, 0.05) is 24.5 Å². The molecule has 0 fully saturated rings. The number of thiazole rings is 1. The lowest BCUT2D eigenvalue weighted by Crippen LogP contribution is -2.49. The Kier molecular flexibility index (Phi) is 6.13. The van der Waals surface area contributed by atoms with Crippen LogP contribution in [-0.2, 0) is 11.3 Å². The van der Waals surface area contributed by atoms with Crippen LogP contribution in [0.15, 0.2) is 73.1 Å². The van der Waals surface area contributed by atoms with E-state index < -0.39 is 6.04 Å². The first-order valence-corrected chi connectivity index (χ1v) is 11.0. The van der Waals surface area contributed by atoms with Gasteiger partial charge in [0.2, 0.25) is 5.91 Å². The fourth-order valence-corrected chi connectivity index (χ4v) is 4.25. The number of carbonyl (C=O) groups is 2. The molecule has 1 atom stereocenters. The molecular formula is C24H24N4O2S. The topological polar surface area (TPSA) is 76.0 Å². The van der Waals surface area contributed by atoms with Crippen LogP contribution in [0.25, 0.3) is 15.3 Å². The van der Waals surface area contributed by atoms with Crippen molar-refractivity contribution in [2.24, 2.45) is 5.92 Å². The molecule has 31 heavy (non-hydrogen) atoms. The average Bonchev–Trinajstić information content (AvgIpc) is 3.45. The van der Waals surface area contributed by atoms with Gasteiger partial charge in [0.1, 0.15) is 6.04 Å². The molecule has 0 unspecified atom stereocenters. The number of aromatic nitrogens is 2. The van der Waals surface area contributed by atoms with Gasteiger partial charge in [-0.25, -0.2) is 4.98 Å². The molecule has 0 bridgehead atoms. The van der Waals surface area contributed by atoms with Crippen LogP contribution in [0.4, 0.5) is 0 Å². The molecule has 0 saturated heterocycles. The minimum Gasteiger partial charge on any atom is -0.350 e. The second kappa shape index (κ2) is 9.14. The van der Waals surface area contributed by atoms with Gasteiger partial charge in [0.25, 0.3) is 5.91 Å². The van der Waals surface area contributed by atoms with E-state index in [1.54, 1.807) is 6.07 Å². The molecule has 6 nitrogen and oxygen atoms in total. The van der Waals surface area contributed by atoms with Gasteiger partial charge in [0.05, 0.1) is 10.2 Å². The molecule has 0 aliphatic rings. The van der Waals surface area contributed by atoms with E-state index in [0.717, 1.165) is 20.9 Å². The Labute approximate surface area is 184 Å². The Morgan fingerprint density at radius 2 is 1.77 bits per heavy atom. The number of nitrogens with one attached hydrogen (secondary N) is 2. The van der Waals surface area contributed by atoms with E-state index in [1.165, 1.54) is 11.3 Å². The van der Waals surface area contributed by atoms with Crippen molar-refractivity contribution in [3.63, 3.8) is 0 Å². The summed E-state index contributed by atoms with van der Waals surface area (Å²) in [7, 11) is 0. The van der Waals surface area contributed by atoms with Gasteiger partial charge in [-0.3, -0.25) is 9.59 Å². The van der Waals surface area contributed by atoms with E-state index in [4.69, 9.17) is 0 Å². The molecule has 2 heterocycles. The number of fused-ring (bicyclic) bond motifs is 1. The van der Waals surface area contributed by atoms with Crippen molar-refractivity contribution in [1.82, 2.24) is 20.2 Å². The zero-order valence-corrected chi connectivity index (χ0v) is 18.2. The van der Waals surface area contributed by atoms with Crippen LogP contribution in [0.5, 0.6) is 0 Å². The van der Waals surface area contributed by atoms with E-state index in [-0.39, 0.29) is 17.7 Å². The predicted molar refractivity (Wildman–Crippen MR) is 123 cm³/mol. The van der Waals surface area contributed by atoms with Gasteiger partial charge in [-0.15, -0.1) is 0 Å². The van der Waals surface area contributed by atoms with E-state index >= 15 is 0 Å². The second-order valence-corrected chi connectivity index (χ2v) is 8.68. The molecule has 0 spiro atoms. The third kappa shape index (κ3) is 4.83. The van der Waals surface area contributed by atoms with Crippen LogP contribution in [0.2, 0.25) is 0 Å². The summed E-state index contributed by atoms with van der Waals surface area (Å²) in [5, 5.41) is 6.66. The minimum atomic E-state index is -0.621. The maximum absolute atomic E-state index is 12.9. The lowest BCUT2D eigenvalue weighted by Gasteiger charge is -2.22. The van der Waals surface area contributed by atoms with Crippen LogP contribution in [0, 0.1) is 5.92 Å². The van der Waals surface area contributed by atoms with Gasteiger partial charge in [-0.1, -0.05) is 55.5 Å². The third-order valence-electron chi connectivity index (χ3n) is 5.01. The number of nitrogens with zero attached hydrogens (tertiary/aromatic N) is 2. The van der Waals surface area contributed by atoms with Gasteiger partial charge in [0.15, 0.2) is 5.13 Å². The molecule has 4 rings (SSSR count). The lowest BCUT2D eigenvalue weighted by atomic mass is 10.0. The maximum atomic E-state index is 12.9. The Morgan fingerprint density at radius 3 is 2.48 bits per heavy atom.